The van der Waals surface area contributed by atoms with Crippen LogP contribution in [0.2, 0.25) is 0 Å². The van der Waals surface area contributed by atoms with E-state index in [-0.39, 0.29) is 36.2 Å². The number of hydrogen-bond acceptors (Lipinski definition) is 6. The molecule has 0 spiro atoms. The number of likely N-dealkylation sites (N-methyl/N-ethyl adjacent to an activating group) is 1. The zero-order chi connectivity index (χ0) is 44.9. The summed E-state index contributed by atoms with van der Waals surface area (Å²) in [5, 5.41) is 9.64. The van der Waals surface area contributed by atoms with Crippen LogP contribution in [0.3, 0.4) is 0 Å². The summed E-state index contributed by atoms with van der Waals surface area (Å²) in [6.45, 7) is 4.60. The third kappa shape index (κ3) is 42.4. The van der Waals surface area contributed by atoms with Crippen molar-refractivity contribution in [3.8, 4) is 0 Å². The number of nitrogens with zero attached hydrogens (tertiary/aromatic N) is 1. The Morgan fingerprint density at radius 3 is 1.36 bits per heavy atom. The SMILES string of the molecule is CC/C=C/C=C/C=C/C=C/CCCCCCCC(=O)OC(COCCC(C(=O)O)[N+](C)(C)C)COC(=O)CCCCCCCCCCCCCCCCCCCCCCCC. The van der Waals surface area contributed by atoms with Crippen LogP contribution in [0, 0.1) is 0 Å². The lowest BCUT2D eigenvalue weighted by Gasteiger charge is -2.31. The molecule has 0 radical (unpaired) electrons. The lowest BCUT2D eigenvalue weighted by atomic mass is 10.0. The van der Waals surface area contributed by atoms with E-state index in [4.69, 9.17) is 14.2 Å². The van der Waals surface area contributed by atoms with Gasteiger partial charge in [0.15, 0.2) is 12.1 Å². The van der Waals surface area contributed by atoms with E-state index < -0.39 is 18.1 Å². The Kier molecular flexibility index (Phi) is 42.0. The van der Waals surface area contributed by atoms with Gasteiger partial charge < -0.3 is 23.8 Å². The summed E-state index contributed by atoms with van der Waals surface area (Å²) in [5.74, 6) is -1.49. The maximum absolute atomic E-state index is 12.8. The number of carboxylic acids is 1. The molecule has 0 bridgehead atoms. The lowest BCUT2D eigenvalue weighted by Crippen LogP contribution is -2.50. The zero-order valence-electron chi connectivity index (χ0n) is 40.4. The first-order valence-electron chi connectivity index (χ1n) is 25.2. The molecule has 8 nitrogen and oxygen atoms in total. The fourth-order valence-corrected chi connectivity index (χ4v) is 7.46. The van der Waals surface area contributed by atoms with Crippen LogP contribution >= 0.6 is 0 Å². The number of rotatable bonds is 45. The molecule has 0 aromatic heterocycles. The van der Waals surface area contributed by atoms with E-state index in [9.17, 15) is 19.5 Å². The van der Waals surface area contributed by atoms with Crippen molar-refractivity contribution in [2.45, 2.75) is 231 Å². The third-order valence-corrected chi connectivity index (χ3v) is 11.3. The largest absolute Gasteiger partial charge is 0.477 e. The minimum absolute atomic E-state index is 0.0524. The molecule has 0 fully saturated rings. The molecule has 8 heteroatoms. The molecule has 2 unspecified atom stereocenters. The van der Waals surface area contributed by atoms with E-state index in [1.54, 1.807) is 0 Å². The summed E-state index contributed by atoms with van der Waals surface area (Å²) in [7, 11) is 5.52. The van der Waals surface area contributed by atoms with Gasteiger partial charge in [-0.1, -0.05) is 217 Å². The van der Waals surface area contributed by atoms with E-state index in [0.29, 0.717) is 19.3 Å². The van der Waals surface area contributed by atoms with Crippen molar-refractivity contribution < 1.29 is 38.2 Å². The Balaban J connectivity index is 4.21. The van der Waals surface area contributed by atoms with Crippen molar-refractivity contribution in [3.63, 3.8) is 0 Å². The fourth-order valence-electron chi connectivity index (χ4n) is 7.46. The monoisotopic (exact) mass is 859 g/mol. The van der Waals surface area contributed by atoms with Gasteiger partial charge in [-0.05, 0) is 32.1 Å². The first-order valence-corrected chi connectivity index (χ1v) is 25.2. The van der Waals surface area contributed by atoms with Crippen molar-refractivity contribution in [2.24, 2.45) is 0 Å². The molecule has 2 atom stereocenters. The average molecular weight is 859 g/mol. The number of carbonyl (C=O) groups is 3. The Morgan fingerprint density at radius 1 is 0.508 bits per heavy atom. The van der Waals surface area contributed by atoms with Gasteiger partial charge in [0.05, 0.1) is 34.4 Å². The quantitative estimate of drug-likeness (QED) is 0.0282. The van der Waals surface area contributed by atoms with Crippen LogP contribution in [0.5, 0.6) is 0 Å². The van der Waals surface area contributed by atoms with Crippen molar-refractivity contribution in [1.29, 1.82) is 0 Å². The second kappa shape index (κ2) is 43.9. The van der Waals surface area contributed by atoms with Crippen molar-refractivity contribution in [2.75, 3.05) is 41.0 Å². The molecule has 0 rings (SSSR count). The summed E-state index contributed by atoms with van der Waals surface area (Å²) in [5.41, 5.74) is 0. The van der Waals surface area contributed by atoms with Crippen molar-refractivity contribution in [1.82, 2.24) is 0 Å². The van der Waals surface area contributed by atoms with E-state index in [1.165, 1.54) is 122 Å². The molecule has 0 saturated heterocycles. The molecule has 354 valence electrons. The molecule has 0 aromatic carbocycles. The second-order valence-electron chi connectivity index (χ2n) is 18.1. The fraction of sp³-hybridized carbons (Fsp3) is 0.792. The van der Waals surface area contributed by atoms with Gasteiger partial charge in [0.1, 0.15) is 6.61 Å². The topological polar surface area (TPSA) is 99.1 Å². The number of esters is 2. The highest BCUT2D eigenvalue weighted by molar-refractivity contribution is 5.72. The number of carboxylic acid groups (broad SMARTS) is 1. The first kappa shape index (κ1) is 58.3. The molecule has 0 saturated carbocycles. The van der Waals surface area contributed by atoms with E-state index >= 15 is 0 Å². The summed E-state index contributed by atoms with van der Waals surface area (Å²) in [6.07, 6.45) is 53.1. The third-order valence-electron chi connectivity index (χ3n) is 11.3. The van der Waals surface area contributed by atoms with Gasteiger partial charge in [-0.15, -0.1) is 0 Å². The summed E-state index contributed by atoms with van der Waals surface area (Å²) in [4.78, 5) is 37.1. The van der Waals surface area contributed by atoms with Crippen molar-refractivity contribution >= 4 is 17.9 Å². The van der Waals surface area contributed by atoms with Crippen LogP contribution in [0.25, 0.3) is 0 Å². The first-order chi connectivity index (χ1) is 29.6. The molecule has 0 aliphatic heterocycles. The van der Waals surface area contributed by atoms with Gasteiger partial charge in [-0.25, -0.2) is 4.79 Å². The highest BCUT2D eigenvalue weighted by Crippen LogP contribution is 2.16. The number of hydrogen-bond donors (Lipinski definition) is 1. The molecule has 0 heterocycles. The summed E-state index contributed by atoms with van der Waals surface area (Å²) < 4.78 is 17.3. The Bertz CT molecular complexity index is 1140. The van der Waals surface area contributed by atoms with Crippen molar-refractivity contribution in [3.05, 3.63) is 48.6 Å². The minimum atomic E-state index is -0.878. The normalized spacial score (nSPS) is 13.3. The molecular formula is C53H96NO7+. The van der Waals surface area contributed by atoms with Crippen LogP contribution in [0.15, 0.2) is 48.6 Å². The maximum atomic E-state index is 12.8. The predicted octanol–water partition coefficient (Wildman–Crippen LogP) is 14.4. The average Bonchev–Trinajstić information content (AvgIpc) is 3.22. The van der Waals surface area contributed by atoms with E-state index in [2.05, 4.69) is 38.2 Å². The highest BCUT2D eigenvalue weighted by atomic mass is 16.6. The molecule has 61 heavy (non-hydrogen) atoms. The zero-order valence-corrected chi connectivity index (χ0v) is 40.4. The van der Waals surface area contributed by atoms with Gasteiger partial charge >= 0.3 is 17.9 Å². The predicted molar refractivity (Wildman–Crippen MR) is 257 cm³/mol. The maximum Gasteiger partial charge on any atom is 0.362 e. The number of carbonyl (C=O) groups excluding carboxylic acids is 2. The highest BCUT2D eigenvalue weighted by Gasteiger charge is 2.31. The van der Waals surface area contributed by atoms with Gasteiger partial charge in [-0.3, -0.25) is 9.59 Å². The van der Waals surface area contributed by atoms with Gasteiger partial charge in [0, 0.05) is 19.3 Å². The molecular weight excluding hydrogens is 763 g/mol. The standard InChI is InChI=1S/C53H95NO7/c1-6-8-10-12-14-16-18-20-22-23-24-25-26-27-28-30-31-33-35-37-39-41-43-51(55)60-48-49(47-59-46-45-50(53(57)58)54(3,4)5)61-52(56)44-42-40-38-36-34-32-29-21-19-17-15-13-11-9-7-2/h9,11,13,15,17,19,21,29,49-50H,6-8,10,12,14,16,18,20,22-28,30-48H2,1-5H3/p+1/b11-9+,15-13+,19-17+,29-21+. The van der Waals surface area contributed by atoms with Crippen LogP contribution in [0.1, 0.15) is 219 Å². The molecule has 1 N–H and O–H groups in total. The van der Waals surface area contributed by atoms with Gasteiger partial charge in [0.25, 0.3) is 0 Å². The summed E-state index contributed by atoms with van der Waals surface area (Å²) in [6, 6.07) is -0.620. The number of allylic oxidation sites excluding steroid dienone is 8. The molecule has 0 aromatic rings. The molecule has 0 amide bonds. The number of unbranched alkanes of at least 4 members (excludes halogenated alkanes) is 26. The Morgan fingerprint density at radius 2 is 0.918 bits per heavy atom. The van der Waals surface area contributed by atoms with Gasteiger partial charge in [0.2, 0.25) is 0 Å². The number of quaternary nitrogens is 1. The Labute approximate surface area is 376 Å². The van der Waals surface area contributed by atoms with E-state index in [1.807, 2.05) is 45.4 Å². The van der Waals surface area contributed by atoms with Crippen LogP contribution in [-0.2, 0) is 28.6 Å². The molecule has 0 aliphatic rings. The second-order valence-corrected chi connectivity index (χ2v) is 18.1. The number of aliphatic carboxylic acids is 1. The van der Waals surface area contributed by atoms with E-state index in [0.717, 1.165) is 64.2 Å². The number of ether oxygens (including phenoxy) is 3. The van der Waals surface area contributed by atoms with Gasteiger partial charge in [-0.2, -0.15) is 0 Å². The minimum Gasteiger partial charge on any atom is -0.477 e. The summed E-state index contributed by atoms with van der Waals surface area (Å²) >= 11 is 0. The molecule has 0 aliphatic carbocycles. The Hall–Kier alpha value is -2.71. The lowest BCUT2D eigenvalue weighted by molar-refractivity contribution is -0.887. The van der Waals surface area contributed by atoms with Crippen LogP contribution in [0.4, 0.5) is 0 Å². The smallest absolute Gasteiger partial charge is 0.362 e. The van der Waals surface area contributed by atoms with Crippen LogP contribution < -0.4 is 0 Å². The van der Waals surface area contributed by atoms with Crippen LogP contribution in [-0.4, -0.2) is 80.6 Å².